The van der Waals surface area contributed by atoms with Crippen LogP contribution in [0.3, 0.4) is 0 Å². The molecule has 2 aromatic rings. The highest BCUT2D eigenvalue weighted by Gasteiger charge is 2.32. The van der Waals surface area contributed by atoms with Crippen LogP contribution in [0.15, 0.2) is 36.4 Å². The minimum Gasteiger partial charge on any atom is -0.444 e. The molecule has 3 rings (SSSR count). The maximum atomic E-state index is 12.3. The Morgan fingerprint density at radius 2 is 1.75 bits per heavy atom. The summed E-state index contributed by atoms with van der Waals surface area (Å²) in [6, 6.07) is 11.7. The normalized spacial score (nSPS) is 16.8. The lowest BCUT2D eigenvalue weighted by molar-refractivity contribution is 0.0208. The Kier molecular flexibility index (Phi) is 5.95. The van der Waals surface area contributed by atoms with Crippen molar-refractivity contribution in [1.29, 1.82) is 0 Å². The first-order chi connectivity index (χ1) is 13.2. The van der Waals surface area contributed by atoms with Gasteiger partial charge in [0.2, 0.25) is 0 Å². The van der Waals surface area contributed by atoms with Crippen LogP contribution in [0.4, 0.5) is 10.5 Å². The van der Waals surface area contributed by atoms with Crippen LogP contribution >= 0.6 is 0 Å². The van der Waals surface area contributed by atoms with Gasteiger partial charge in [-0.3, -0.25) is 8.86 Å². The van der Waals surface area contributed by atoms with Crippen molar-refractivity contribution in [2.24, 2.45) is 0 Å². The summed E-state index contributed by atoms with van der Waals surface area (Å²) >= 11 is -2.15. The van der Waals surface area contributed by atoms with Gasteiger partial charge in [0.15, 0.2) is 0 Å². The predicted molar refractivity (Wildman–Crippen MR) is 113 cm³/mol. The summed E-state index contributed by atoms with van der Waals surface area (Å²) in [5.41, 5.74) is 1.34. The lowest BCUT2D eigenvalue weighted by Gasteiger charge is -2.38. The second kappa shape index (κ2) is 8.09. The lowest BCUT2D eigenvalue weighted by atomic mass is 10.0. The molecule has 0 radical (unpaired) electrons. The molecular weight excluding hydrogens is 376 g/mol. The lowest BCUT2D eigenvalue weighted by Crippen LogP contribution is -2.48. The van der Waals surface area contributed by atoms with Crippen LogP contribution in [-0.2, 0) is 16.0 Å². The third kappa shape index (κ3) is 4.47. The highest BCUT2D eigenvalue weighted by Crippen LogP contribution is 2.33. The zero-order valence-corrected chi connectivity index (χ0v) is 17.7. The highest BCUT2D eigenvalue weighted by molar-refractivity contribution is 7.80. The second-order valence-electron chi connectivity index (χ2n) is 8.20. The number of fused-ring (bicyclic) bond motifs is 1. The Balaban J connectivity index is 1.82. The molecule has 1 atom stereocenters. The SMILES string of the molecule is Cc1ccc(N(C2CCN(C(=O)OC(C)(C)C)CC2)S(=O)O)c2ccccc12. The molecule has 1 aliphatic heterocycles. The number of hydrogen-bond donors (Lipinski definition) is 1. The molecule has 28 heavy (non-hydrogen) atoms. The summed E-state index contributed by atoms with van der Waals surface area (Å²) in [6.45, 7) is 8.56. The Morgan fingerprint density at radius 1 is 1.14 bits per heavy atom. The van der Waals surface area contributed by atoms with E-state index in [1.54, 1.807) is 9.21 Å². The third-order valence-electron chi connectivity index (χ3n) is 4.97. The molecule has 0 aromatic heterocycles. The Labute approximate surface area is 168 Å². The molecule has 1 saturated heterocycles. The van der Waals surface area contributed by atoms with Gasteiger partial charge in [-0.1, -0.05) is 30.3 Å². The molecule has 0 spiro atoms. The average Bonchev–Trinajstić information content (AvgIpc) is 2.63. The molecule has 1 heterocycles. The number of rotatable bonds is 3. The number of anilines is 1. The largest absolute Gasteiger partial charge is 0.444 e. The van der Waals surface area contributed by atoms with Crippen molar-refractivity contribution >= 4 is 33.8 Å². The van der Waals surface area contributed by atoms with Gasteiger partial charge in [0.05, 0.1) is 5.69 Å². The van der Waals surface area contributed by atoms with Crippen LogP contribution in [0.1, 0.15) is 39.2 Å². The van der Waals surface area contributed by atoms with Gasteiger partial charge in [-0.15, -0.1) is 0 Å². The van der Waals surface area contributed by atoms with Crippen LogP contribution in [0.25, 0.3) is 10.8 Å². The van der Waals surface area contributed by atoms with Gasteiger partial charge >= 0.3 is 6.09 Å². The number of ether oxygens (including phenoxy) is 1. The first-order valence-corrected chi connectivity index (χ1v) is 10.6. The van der Waals surface area contributed by atoms with E-state index in [0.717, 1.165) is 22.0 Å². The smallest absolute Gasteiger partial charge is 0.410 e. The van der Waals surface area contributed by atoms with Crippen LogP contribution in [0, 0.1) is 6.92 Å². The van der Waals surface area contributed by atoms with Gasteiger partial charge in [0.25, 0.3) is 11.3 Å². The highest BCUT2D eigenvalue weighted by atomic mass is 32.2. The summed E-state index contributed by atoms with van der Waals surface area (Å²) in [4.78, 5) is 14.0. The van der Waals surface area contributed by atoms with Crippen LogP contribution in [0.2, 0.25) is 0 Å². The second-order valence-corrected chi connectivity index (χ2v) is 9.06. The molecule has 0 bridgehead atoms. The minimum atomic E-state index is -2.15. The third-order valence-corrected chi connectivity index (χ3v) is 5.80. The van der Waals surface area contributed by atoms with Crippen molar-refractivity contribution in [1.82, 2.24) is 4.90 Å². The van der Waals surface area contributed by atoms with Gasteiger partial charge in [-0.25, -0.2) is 9.00 Å². The molecule has 1 aliphatic rings. The molecule has 1 amide bonds. The van der Waals surface area contributed by atoms with E-state index in [4.69, 9.17) is 4.74 Å². The molecule has 1 fully saturated rings. The molecule has 0 aliphatic carbocycles. The maximum Gasteiger partial charge on any atom is 0.410 e. The summed E-state index contributed by atoms with van der Waals surface area (Å²) in [7, 11) is 0. The van der Waals surface area contributed by atoms with Crippen molar-refractivity contribution in [3.8, 4) is 0 Å². The molecule has 7 heteroatoms. The van der Waals surface area contributed by atoms with Crippen molar-refractivity contribution in [3.63, 3.8) is 0 Å². The molecule has 6 nitrogen and oxygen atoms in total. The predicted octanol–water partition coefficient (Wildman–Crippen LogP) is 4.49. The number of benzene rings is 2. The number of likely N-dealkylation sites (tertiary alicyclic amines) is 1. The number of nitrogens with zero attached hydrogens (tertiary/aromatic N) is 2. The summed E-state index contributed by atoms with van der Waals surface area (Å²) in [5, 5.41) is 2.03. The van der Waals surface area contributed by atoms with E-state index in [1.807, 2.05) is 64.1 Å². The zero-order valence-electron chi connectivity index (χ0n) is 16.8. The quantitative estimate of drug-likeness (QED) is 0.765. The Bertz CT molecular complexity index is 886. The van der Waals surface area contributed by atoms with Crippen LogP contribution < -0.4 is 4.31 Å². The maximum absolute atomic E-state index is 12.3. The Morgan fingerprint density at radius 3 is 2.32 bits per heavy atom. The van der Waals surface area contributed by atoms with E-state index < -0.39 is 16.9 Å². The molecule has 1 N–H and O–H groups in total. The van der Waals surface area contributed by atoms with Crippen molar-refractivity contribution in [2.75, 3.05) is 17.4 Å². The first kappa shape index (κ1) is 20.6. The number of aryl methyl sites for hydroxylation is 1. The van der Waals surface area contributed by atoms with Crippen molar-refractivity contribution in [3.05, 3.63) is 42.0 Å². The van der Waals surface area contributed by atoms with E-state index in [1.165, 1.54) is 0 Å². The summed E-state index contributed by atoms with van der Waals surface area (Å²) < 4.78 is 29.3. The number of piperidine rings is 1. The topological polar surface area (TPSA) is 70.1 Å². The molecule has 152 valence electrons. The zero-order chi connectivity index (χ0) is 20.5. The van der Waals surface area contributed by atoms with E-state index in [-0.39, 0.29) is 12.1 Å². The number of amides is 1. The summed E-state index contributed by atoms with van der Waals surface area (Å²) in [6.07, 6.45) is 0.880. The summed E-state index contributed by atoms with van der Waals surface area (Å²) in [5.74, 6) is 0. The van der Waals surface area contributed by atoms with Gasteiger partial charge in [0.1, 0.15) is 5.60 Å². The van der Waals surface area contributed by atoms with E-state index in [2.05, 4.69) is 0 Å². The fraction of sp³-hybridized carbons (Fsp3) is 0.476. The van der Waals surface area contributed by atoms with Gasteiger partial charge in [-0.05, 0) is 57.6 Å². The minimum absolute atomic E-state index is 0.129. The van der Waals surface area contributed by atoms with Gasteiger partial charge in [-0.2, -0.15) is 0 Å². The standard InChI is InChI=1S/C21H28N2O4S/c1-15-9-10-19(18-8-6-5-7-17(15)18)23(28(25)26)16-11-13-22(14-12-16)20(24)27-21(2,3)4/h5-10,16H,11-14H2,1-4H3,(H,25,26). The van der Waals surface area contributed by atoms with E-state index in [9.17, 15) is 13.6 Å². The number of hydrogen-bond acceptors (Lipinski definition) is 3. The fourth-order valence-corrected chi connectivity index (χ4v) is 4.44. The van der Waals surface area contributed by atoms with Gasteiger partial charge in [0, 0.05) is 24.5 Å². The van der Waals surface area contributed by atoms with E-state index in [0.29, 0.717) is 25.9 Å². The molecule has 1 unspecified atom stereocenters. The van der Waals surface area contributed by atoms with Gasteiger partial charge < -0.3 is 9.64 Å². The first-order valence-electron chi connectivity index (χ1n) is 9.54. The monoisotopic (exact) mass is 404 g/mol. The van der Waals surface area contributed by atoms with Crippen molar-refractivity contribution in [2.45, 2.75) is 52.2 Å². The van der Waals surface area contributed by atoms with Crippen molar-refractivity contribution < 1.29 is 18.3 Å². The fourth-order valence-electron chi connectivity index (χ4n) is 3.64. The average molecular weight is 405 g/mol. The van der Waals surface area contributed by atoms with Crippen LogP contribution in [-0.4, -0.2) is 44.5 Å². The molecule has 0 saturated carbocycles. The van der Waals surface area contributed by atoms with E-state index >= 15 is 0 Å². The number of carbonyl (C=O) groups excluding carboxylic acids is 1. The van der Waals surface area contributed by atoms with Crippen LogP contribution in [0.5, 0.6) is 0 Å². The molecule has 2 aromatic carbocycles. The molecular formula is C21H28N2O4S. The Hall–Kier alpha value is -2.12. The number of carbonyl (C=O) groups is 1.